The second-order valence-electron chi connectivity index (χ2n) is 19.5. The summed E-state index contributed by atoms with van der Waals surface area (Å²) in [5.41, 5.74) is 18.7. The molecule has 0 aliphatic heterocycles. The standard InChI is InChI=1S/C71H46N2S/c1-3-20-51(21-4-1)71(52-22-5-2-6-23-52)63-31-12-9-28-62(63)68-64(71)32-17-35-67(68)72(54-43-38-49(39-44-54)57-29-16-30-60-61-45-40-48-18-7-8-25-56(48)70(61)74-69(57)60)53-41-36-47(37-42-53)50-19-15-24-55(46-50)73-65-33-13-10-26-58(65)59-27-11-14-34-66(59)73/h1-46H. The largest absolute Gasteiger partial charge is 0.310 e. The van der Waals surface area contributed by atoms with Gasteiger partial charge in [-0.25, -0.2) is 0 Å². The molecule has 2 nitrogen and oxygen atoms in total. The van der Waals surface area contributed by atoms with E-state index in [-0.39, 0.29) is 0 Å². The maximum Gasteiger partial charge on any atom is 0.0714 e. The third-order valence-corrected chi connectivity index (χ3v) is 17.0. The van der Waals surface area contributed by atoms with Crippen LogP contribution in [0.25, 0.3) is 91.8 Å². The van der Waals surface area contributed by atoms with Crippen LogP contribution in [-0.4, -0.2) is 4.57 Å². The molecule has 0 atom stereocenters. The number of nitrogens with zero attached hydrogens (tertiary/aromatic N) is 2. The second kappa shape index (κ2) is 16.9. The number of hydrogen-bond donors (Lipinski definition) is 0. The Morgan fingerprint density at radius 2 is 0.878 bits per heavy atom. The van der Waals surface area contributed by atoms with Crippen LogP contribution in [0.5, 0.6) is 0 Å². The minimum absolute atomic E-state index is 0.528. The molecule has 14 aromatic rings. The number of benzene rings is 12. The van der Waals surface area contributed by atoms with Gasteiger partial charge in [0.15, 0.2) is 0 Å². The number of hydrogen-bond acceptors (Lipinski definition) is 2. The summed E-state index contributed by atoms with van der Waals surface area (Å²) in [5, 5.41) is 7.73. The maximum absolute atomic E-state index is 2.48. The zero-order valence-electron chi connectivity index (χ0n) is 40.4. The second-order valence-corrected chi connectivity index (χ2v) is 20.5. The number of para-hydroxylation sites is 2. The van der Waals surface area contributed by atoms with Crippen LogP contribution in [0.15, 0.2) is 279 Å². The van der Waals surface area contributed by atoms with Crippen molar-refractivity contribution in [1.82, 2.24) is 4.57 Å². The van der Waals surface area contributed by atoms with E-state index >= 15 is 0 Å². The molecular weight excluding hydrogens is 913 g/mol. The molecule has 0 saturated carbocycles. The van der Waals surface area contributed by atoms with E-state index in [0.29, 0.717) is 0 Å². The first kappa shape index (κ1) is 42.4. The van der Waals surface area contributed by atoms with Crippen molar-refractivity contribution in [2.45, 2.75) is 5.41 Å². The van der Waals surface area contributed by atoms with Gasteiger partial charge in [-0.05, 0) is 115 Å². The van der Waals surface area contributed by atoms with Crippen LogP contribution in [0.3, 0.4) is 0 Å². The first-order valence-electron chi connectivity index (χ1n) is 25.5. The summed E-state index contributed by atoms with van der Waals surface area (Å²) in [6.45, 7) is 0. The maximum atomic E-state index is 2.48. The highest BCUT2D eigenvalue weighted by Gasteiger charge is 2.47. The van der Waals surface area contributed by atoms with E-state index in [2.05, 4.69) is 289 Å². The molecule has 0 radical (unpaired) electrons. The lowest BCUT2D eigenvalue weighted by molar-refractivity contribution is 0.768. The van der Waals surface area contributed by atoms with E-state index in [1.807, 2.05) is 11.3 Å². The Labute approximate surface area is 433 Å². The molecular formula is C71H46N2S. The van der Waals surface area contributed by atoms with Crippen molar-refractivity contribution < 1.29 is 0 Å². The minimum atomic E-state index is -0.528. The monoisotopic (exact) mass is 958 g/mol. The topological polar surface area (TPSA) is 8.17 Å². The zero-order valence-corrected chi connectivity index (χ0v) is 41.2. The molecule has 74 heavy (non-hydrogen) atoms. The molecule has 0 spiro atoms. The molecule has 0 N–H and O–H groups in total. The number of thiophene rings is 1. The summed E-state index contributed by atoms with van der Waals surface area (Å²) >= 11 is 1.91. The highest BCUT2D eigenvalue weighted by atomic mass is 32.1. The Bertz CT molecular complexity index is 4380. The van der Waals surface area contributed by atoms with Gasteiger partial charge in [-0.15, -0.1) is 11.3 Å². The van der Waals surface area contributed by atoms with Crippen molar-refractivity contribution in [3.05, 3.63) is 301 Å². The fourth-order valence-electron chi connectivity index (χ4n) is 12.5. The van der Waals surface area contributed by atoms with Crippen LogP contribution < -0.4 is 4.90 Å². The number of aromatic nitrogens is 1. The minimum Gasteiger partial charge on any atom is -0.310 e. The average Bonchev–Trinajstić information content (AvgIpc) is 4.20. The van der Waals surface area contributed by atoms with E-state index in [0.717, 1.165) is 28.3 Å². The number of fused-ring (bicyclic) bond motifs is 11. The molecule has 0 unspecified atom stereocenters. The quantitative estimate of drug-likeness (QED) is 0.147. The molecule has 12 aromatic carbocycles. The fraction of sp³-hybridized carbons (Fsp3) is 0.0141. The van der Waals surface area contributed by atoms with Gasteiger partial charge in [0, 0.05) is 53.6 Å². The Kier molecular flexibility index (Phi) is 9.70. The van der Waals surface area contributed by atoms with Gasteiger partial charge in [0.2, 0.25) is 0 Å². The molecule has 0 bridgehead atoms. The van der Waals surface area contributed by atoms with Gasteiger partial charge in [-0.1, -0.05) is 224 Å². The summed E-state index contributed by atoms with van der Waals surface area (Å²) in [6, 6.07) is 103. The first-order chi connectivity index (χ1) is 36.7. The Hall–Kier alpha value is -9.28. The smallest absolute Gasteiger partial charge is 0.0714 e. The van der Waals surface area contributed by atoms with E-state index < -0.39 is 5.41 Å². The predicted octanol–water partition coefficient (Wildman–Crippen LogP) is 19.5. The van der Waals surface area contributed by atoms with Crippen molar-refractivity contribution in [3.63, 3.8) is 0 Å². The van der Waals surface area contributed by atoms with Crippen LogP contribution in [0.1, 0.15) is 22.3 Å². The first-order valence-corrected chi connectivity index (χ1v) is 26.3. The van der Waals surface area contributed by atoms with Crippen LogP contribution in [0, 0.1) is 0 Å². The van der Waals surface area contributed by atoms with Crippen molar-refractivity contribution in [2.24, 2.45) is 0 Å². The predicted molar refractivity (Wildman–Crippen MR) is 314 cm³/mol. The number of rotatable bonds is 8. The summed E-state index contributed by atoms with van der Waals surface area (Å²) in [5.74, 6) is 0. The Balaban J connectivity index is 0.903. The fourth-order valence-corrected chi connectivity index (χ4v) is 13.8. The Morgan fingerprint density at radius 1 is 0.338 bits per heavy atom. The van der Waals surface area contributed by atoms with Gasteiger partial charge in [0.05, 0.1) is 22.1 Å². The average molecular weight is 959 g/mol. The molecule has 1 aliphatic carbocycles. The Morgan fingerprint density at radius 3 is 1.59 bits per heavy atom. The van der Waals surface area contributed by atoms with Gasteiger partial charge >= 0.3 is 0 Å². The highest BCUT2D eigenvalue weighted by molar-refractivity contribution is 7.27. The van der Waals surface area contributed by atoms with E-state index in [1.165, 1.54) is 103 Å². The van der Waals surface area contributed by atoms with Gasteiger partial charge in [0.1, 0.15) is 0 Å². The molecule has 0 saturated heterocycles. The van der Waals surface area contributed by atoms with Crippen molar-refractivity contribution in [1.29, 1.82) is 0 Å². The molecule has 346 valence electrons. The van der Waals surface area contributed by atoms with Gasteiger partial charge in [0.25, 0.3) is 0 Å². The summed E-state index contributed by atoms with van der Waals surface area (Å²) < 4.78 is 5.06. The molecule has 2 aromatic heterocycles. The van der Waals surface area contributed by atoms with Crippen molar-refractivity contribution >= 4 is 81.1 Å². The van der Waals surface area contributed by atoms with Crippen LogP contribution >= 0.6 is 11.3 Å². The van der Waals surface area contributed by atoms with Crippen molar-refractivity contribution in [2.75, 3.05) is 4.90 Å². The number of anilines is 3. The molecule has 0 amide bonds. The van der Waals surface area contributed by atoms with Crippen LogP contribution in [0.4, 0.5) is 17.1 Å². The molecule has 1 aliphatic rings. The lowest BCUT2D eigenvalue weighted by Gasteiger charge is -2.34. The summed E-state index contributed by atoms with van der Waals surface area (Å²) in [4.78, 5) is 2.48. The molecule has 0 fully saturated rings. The van der Waals surface area contributed by atoms with E-state index in [4.69, 9.17) is 0 Å². The summed E-state index contributed by atoms with van der Waals surface area (Å²) in [7, 11) is 0. The SMILES string of the molecule is c1ccc(C2(c3ccccc3)c3ccccc3-c3c(N(c4ccc(-c5cccc(-n6c7ccccc7c7ccccc76)c5)cc4)c4ccc(-c5cccc6c5sc5c7ccccc7ccc65)cc4)cccc32)cc1. The van der Waals surface area contributed by atoms with Gasteiger partial charge < -0.3 is 9.47 Å². The van der Waals surface area contributed by atoms with Crippen LogP contribution in [-0.2, 0) is 5.41 Å². The lowest BCUT2D eigenvalue weighted by atomic mass is 9.68. The third-order valence-electron chi connectivity index (χ3n) is 15.7. The molecule has 3 heteroatoms. The normalized spacial score (nSPS) is 12.7. The summed E-state index contributed by atoms with van der Waals surface area (Å²) in [6.07, 6.45) is 0. The lowest BCUT2D eigenvalue weighted by Crippen LogP contribution is -2.28. The molecule has 15 rings (SSSR count). The van der Waals surface area contributed by atoms with Gasteiger partial charge in [-0.2, -0.15) is 0 Å². The third kappa shape index (κ3) is 6.37. The van der Waals surface area contributed by atoms with Crippen LogP contribution in [0.2, 0.25) is 0 Å². The van der Waals surface area contributed by atoms with Crippen molar-refractivity contribution in [3.8, 4) is 39.1 Å². The van der Waals surface area contributed by atoms with Gasteiger partial charge in [-0.3, -0.25) is 0 Å². The molecule has 2 heterocycles. The van der Waals surface area contributed by atoms with E-state index in [9.17, 15) is 0 Å². The zero-order chi connectivity index (χ0) is 48.7. The highest BCUT2D eigenvalue weighted by Crippen LogP contribution is 2.59. The van der Waals surface area contributed by atoms with E-state index in [1.54, 1.807) is 0 Å².